The second-order valence-electron chi connectivity index (χ2n) is 3.94. The summed E-state index contributed by atoms with van der Waals surface area (Å²) in [4.78, 5) is 23.7. The van der Waals surface area contributed by atoms with E-state index in [2.05, 4.69) is 31.9 Å². The monoisotopic (exact) mass is 399 g/mol. The number of carboxylic acids is 1. The third-order valence-electron chi connectivity index (χ3n) is 2.74. The maximum Gasteiger partial charge on any atom is 0.352 e. The summed E-state index contributed by atoms with van der Waals surface area (Å²) in [6, 6.07) is 0. The zero-order chi connectivity index (χ0) is 13.8. The number of carbonyl (C=O) groups excluding carboxylic acids is 1. The van der Waals surface area contributed by atoms with E-state index in [0.717, 1.165) is 4.90 Å². The molecular weight excluding hydrogens is 394 g/mol. The van der Waals surface area contributed by atoms with Crippen LogP contribution in [-0.2, 0) is 19.4 Å². The van der Waals surface area contributed by atoms with Crippen LogP contribution in [-0.4, -0.2) is 41.4 Å². The Morgan fingerprint density at radius 2 is 2.00 bits per heavy atom. The Morgan fingerprint density at radius 3 is 2.44 bits per heavy atom. The molecule has 98 valence electrons. The van der Waals surface area contributed by atoms with Crippen molar-refractivity contribution >= 4 is 53.6 Å². The highest BCUT2D eigenvalue weighted by Crippen LogP contribution is 2.43. The van der Waals surface area contributed by atoms with Gasteiger partial charge in [0.25, 0.3) is 5.91 Å². The molecule has 1 atom stereocenters. The van der Waals surface area contributed by atoms with Gasteiger partial charge in [-0.2, -0.15) is 0 Å². The fourth-order valence-electron chi connectivity index (χ4n) is 2.08. The fourth-order valence-corrected chi connectivity index (χ4v) is 5.15. The number of amides is 1. The molecule has 1 amide bonds. The van der Waals surface area contributed by atoms with Gasteiger partial charge in [-0.1, -0.05) is 0 Å². The molecule has 18 heavy (non-hydrogen) atoms. The summed E-state index contributed by atoms with van der Waals surface area (Å²) in [6.45, 7) is 1.40. The Kier molecular flexibility index (Phi) is 3.19. The second-order valence-corrected chi connectivity index (χ2v) is 8.65. The average Bonchev–Trinajstić information content (AvgIpc) is 2.17. The van der Waals surface area contributed by atoms with Crippen molar-refractivity contribution in [2.24, 2.45) is 0 Å². The normalized spacial score (nSPS) is 25.7. The first kappa shape index (κ1) is 13.8. The molecule has 9 heteroatoms. The lowest BCUT2D eigenvalue weighted by molar-refractivity contribution is -0.141. The van der Waals surface area contributed by atoms with Gasteiger partial charge >= 0.3 is 5.97 Å². The van der Waals surface area contributed by atoms with Gasteiger partial charge in [-0.15, -0.1) is 0 Å². The molecule has 6 nitrogen and oxygen atoms in total. The zero-order valence-electron chi connectivity index (χ0n) is 8.98. The molecule has 1 fully saturated rings. The molecule has 2 aliphatic heterocycles. The number of carbonyl (C=O) groups is 2. The molecule has 2 rings (SSSR count). The second kappa shape index (κ2) is 4.17. The van der Waals surface area contributed by atoms with Crippen molar-refractivity contribution in [3.63, 3.8) is 0 Å². The van der Waals surface area contributed by atoms with Crippen LogP contribution in [0.4, 0.5) is 0 Å². The van der Waals surface area contributed by atoms with Crippen LogP contribution >= 0.6 is 31.9 Å². The number of fused-ring (bicyclic) bond motifs is 1. The number of nitrogens with zero attached hydrogens (tertiary/aromatic N) is 1. The van der Waals surface area contributed by atoms with Gasteiger partial charge in [0.05, 0.1) is 14.7 Å². The van der Waals surface area contributed by atoms with Crippen molar-refractivity contribution in [3.05, 3.63) is 20.2 Å². The highest BCUT2D eigenvalue weighted by Gasteiger charge is 2.56. The van der Waals surface area contributed by atoms with E-state index in [4.69, 9.17) is 5.11 Å². The maximum absolute atomic E-state index is 12.0. The summed E-state index contributed by atoms with van der Waals surface area (Å²) < 4.78 is 24.2. The summed E-state index contributed by atoms with van der Waals surface area (Å²) in [5.41, 5.74) is -0.0529. The van der Waals surface area contributed by atoms with Crippen molar-refractivity contribution in [2.75, 3.05) is 5.75 Å². The first-order valence-corrected chi connectivity index (χ1v) is 8.02. The molecular formula is C9H7Br2NO5S. The number of halogens is 2. The van der Waals surface area contributed by atoms with Crippen LogP contribution in [0.25, 0.3) is 0 Å². The van der Waals surface area contributed by atoms with Crippen LogP contribution in [0, 0.1) is 0 Å². The smallest absolute Gasteiger partial charge is 0.352 e. The van der Waals surface area contributed by atoms with Crippen molar-refractivity contribution < 1.29 is 23.1 Å². The van der Waals surface area contributed by atoms with Crippen molar-refractivity contribution in [2.45, 2.75) is 12.3 Å². The molecule has 0 radical (unpaired) electrons. The van der Waals surface area contributed by atoms with Crippen LogP contribution in [0.15, 0.2) is 20.2 Å². The quantitative estimate of drug-likeness (QED) is 0.522. The summed E-state index contributed by atoms with van der Waals surface area (Å²) in [6.07, 6.45) is 0. The van der Waals surface area contributed by atoms with Gasteiger partial charge in [0.15, 0.2) is 15.2 Å². The number of aliphatic carboxylic acids is 1. The molecule has 0 aromatic rings. The molecule has 0 aromatic carbocycles. The Hall–Kier alpha value is -0.670. The topological polar surface area (TPSA) is 91.8 Å². The molecule has 0 aromatic heterocycles. The first-order valence-electron chi connectivity index (χ1n) is 4.72. The minimum Gasteiger partial charge on any atom is -0.477 e. The van der Waals surface area contributed by atoms with Gasteiger partial charge in [0.2, 0.25) is 0 Å². The third kappa shape index (κ3) is 1.76. The Morgan fingerprint density at radius 1 is 1.44 bits per heavy atom. The highest BCUT2D eigenvalue weighted by atomic mass is 79.9. The van der Waals surface area contributed by atoms with Gasteiger partial charge < -0.3 is 5.11 Å². The van der Waals surface area contributed by atoms with Crippen LogP contribution in [0.1, 0.15) is 6.92 Å². The molecule has 2 aliphatic rings. The molecule has 0 spiro atoms. The van der Waals surface area contributed by atoms with E-state index < -0.39 is 27.1 Å². The van der Waals surface area contributed by atoms with Gasteiger partial charge in [-0.05, 0) is 44.4 Å². The van der Waals surface area contributed by atoms with Crippen LogP contribution in [0.5, 0.6) is 0 Å². The van der Waals surface area contributed by atoms with E-state index in [-0.39, 0.29) is 26.0 Å². The number of carboxylic acid groups (broad SMARTS) is 1. The highest BCUT2D eigenvalue weighted by molar-refractivity contribution is 9.28. The number of β-lactam (4-membered cyclic amide) rings is 1. The van der Waals surface area contributed by atoms with Crippen molar-refractivity contribution in [1.82, 2.24) is 4.90 Å². The maximum atomic E-state index is 12.0. The zero-order valence-corrected chi connectivity index (χ0v) is 13.0. The van der Waals surface area contributed by atoms with E-state index in [0.29, 0.717) is 0 Å². The predicted molar refractivity (Wildman–Crippen MR) is 69.6 cm³/mol. The molecule has 1 saturated heterocycles. The lowest BCUT2D eigenvalue weighted by Gasteiger charge is -2.45. The lowest BCUT2D eigenvalue weighted by atomic mass is 10.0. The van der Waals surface area contributed by atoms with Crippen molar-refractivity contribution in [1.29, 1.82) is 0 Å². The Balaban J connectivity index is 2.66. The van der Waals surface area contributed by atoms with Gasteiger partial charge in [-0.25, -0.2) is 13.2 Å². The van der Waals surface area contributed by atoms with Gasteiger partial charge in [-0.3, -0.25) is 9.69 Å². The van der Waals surface area contributed by atoms with Crippen LogP contribution in [0.3, 0.4) is 0 Å². The fraction of sp³-hybridized carbons (Fsp3) is 0.333. The average molecular weight is 401 g/mol. The lowest BCUT2D eigenvalue weighted by Crippen LogP contribution is -2.62. The summed E-state index contributed by atoms with van der Waals surface area (Å²) in [5.74, 6) is -2.28. The number of hydrogen-bond donors (Lipinski definition) is 1. The van der Waals surface area contributed by atoms with E-state index >= 15 is 0 Å². The van der Waals surface area contributed by atoms with E-state index in [1.165, 1.54) is 6.92 Å². The van der Waals surface area contributed by atoms with E-state index in [9.17, 15) is 18.0 Å². The Bertz CT molecular complexity index is 629. The van der Waals surface area contributed by atoms with E-state index in [1.807, 2.05) is 0 Å². The number of hydrogen-bond acceptors (Lipinski definition) is 4. The third-order valence-corrected chi connectivity index (χ3v) is 5.56. The molecule has 2 heterocycles. The molecule has 0 aliphatic carbocycles. The Labute approximate surface area is 120 Å². The van der Waals surface area contributed by atoms with Crippen LogP contribution in [0.2, 0.25) is 0 Å². The number of rotatable bonds is 1. The molecule has 1 N–H and O–H groups in total. The molecule has 0 unspecified atom stereocenters. The van der Waals surface area contributed by atoms with Crippen LogP contribution < -0.4 is 0 Å². The minimum absolute atomic E-state index is 0.0289. The largest absolute Gasteiger partial charge is 0.477 e. The standard InChI is InChI=1S/C9H7Br2NO5S/c1-3-2-18(16,17)8-4(6(10)11)7(13)12(8)5(3)9(14)15/h8H,2H2,1H3,(H,14,15)/t8-/m1/s1. The minimum atomic E-state index is -3.60. The number of sulfone groups is 1. The summed E-state index contributed by atoms with van der Waals surface area (Å²) in [7, 11) is -3.60. The van der Waals surface area contributed by atoms with E-state index in [1.54, 1.807) is 0 Å². The molecule has 0 saturated carbocycles. The van der Waals surface area contributed by atoms with Gasteiger partial charge in [0.1, 0.15) is 5.70 Å². The first-order chi connectivity index (χ1) is 8.18. The van der Waals surface area contributed by atoms with Crippen molar-refractivity contribution in [3.8, 4) is 0 Å². The summed E-state index contributed by atoms with van der Waals surface area (Å²) in [5, 5.41) is 7.84. The van der Waals surface area contributed by atoms with Gasteiger partial charge in [0, 0.05) is 0 Å². The predicted octanol–water partition coefficient (Wildman–Crippen LogP) is 0.943. The SMILES string of the molecule is CC1=C(C(=O)O)N2C(=O)C(=C(Br)Br)[C@H]2S(=O)(=O)C1. The summed E-state index contributed by atoms with van der Waals surface area (Å²) >= 11 is 6.00. The molecule has 0 bridgehead atoms.